The van der Waals surface area contributed by atoms with Crippen LogP contribution in [0.4, 0.5) is 5.82 Å². The van der Waals surface area contributed by atoms with E-state index in [1.165, 1.54) is 0 Å². The lowest BCUT2D eigenvalue weighted by Gasteiger charge is -2.02. The molecule has 1 rings (SSSR count). The molecule has 0 aliphatic heterocycles. The minimum Gasteiger partial charge on any atom is -0.377 e. The minimum absolute atomic E-state index is 0.646. The topological polar surface area (TPSA) is 34.1 Å². The molecule has 3 nitrogen and oxygen atoms in total. The number of ether oxygens (including phenoxy) is 1. The van der Waals surface area contributed by atoms with Crippen molar-refractivity contribution in [2.45, 2.75) is 13.5 Å². The molecule has 3 heteroatoms. The first kappa shape index (κ1) is 9.00. The molecule has 0 saturated heterocycles. The number of hydrogen-bond acceptors (Lipinski definition) is 3. The van der Waals surface area contributed by atoms with Crippen molar-refractivity contribution in [2.75, 3.05) is 19.0 Å². The van der Waals surface area contributed by atoms with Gasteiger partial charge in [-0.2, -0.15) is 0 Å². The van der Waals surface area contributed by atoms with Crippen LogP contribution in [0.15, 0.2) is 18.3 Å². The number of anilines is 1. The van der Waals surface area contributed by atoms with Gasteiger partial charge in [0.15, 0.2) is 0 Å². The average molecular weight is 166 g/mol. The fourth-order valence-corrected chi connectivity index (χ4v) is 0.878. The lowest BCUT2D eigenvalue weighted by atomic mass is 10.3. The molecule has 0 fully saturated rings. The van der Waals surface area contributed by atoms with Gasteiger partial charge in [-0.05, 0) is 18.6 Å². The van der Waals surface area contributed by atoms with E-state index >= 15 is 0 Å². The molecule has 0 spiro atoms. The van der Waals surface area contributed by atoms with Crippen LogP contribution >= 0.6 is 0 Å². The highest BCUT2D eigenvalue weighted by Gasteiger charge is 1.92. The maximum Gasteiger partial charge on any atom is 0.125 e. The molecule has 66 valence electrons. The Morgan fingerprint density at radius 2 is 2.33 bits per heavy atom. The number of hydrogen-bond donors (Lipinski definition) is 1. The van der Waals surface area contributed by atoms with E-state index in [0.717, 1.165) is 18.0 Å². The van der Waals surface area contributed by atoms with Gasteiger partial charge in [0, 0.05) is 19.9 Å². The Kier molecular flexibility index (Phi) is 3.54. The van der Waals surface area contributed by atoms with E-state index in [-0.39, 0.29) is 0 Å². The Morgan fingerprint density at radius 1 is 1.50 bits per heavy atom. The highest BCUT2D eigenvalue weighted by atomic mass is 16.5. The van der Waals surface area contributed by atoms with Crippen LogP contribution in [-0.4, -0.2) is 18.6 Å². The summed E-state index contributed by atoms with van der Waals surface area (Å²) >= 11 is 0. The van der Waals surface area contributed by atoms with Crippen LogP contribution in [0.1, 0.15) is 12.5 Å². The van der Waals surface area contributed by atoms with Crippen LogP contribution < -0.4 is 5.32 Å². The van der Waals surface area contributed by atoms with Crippen molar-refractivity contribution in [1.82, 2.24) is 4.98 Å². The SMILES string of the molecule is CCOCc1ccc(NC)nc1. The zero-order valence-electron chi connectivity index (χ0n) is 7.50. The summed E-state index contributed by atoms with van der Waals surface area (Å²) in [6.45, 7) is 3.37. The van der Waals surface area contributed by atoms with E-state index < -0.39 is 0 Å². The van der Waals surface area contributed by atoms with Gasteiger partial charge in [-0.25, -0.2) is 4.98 Å². The van der Waals surface area contributed by atoms with E-state index in [1.54, 1.807) is 0 Å². The molecule has 0 bridgehead atoms. The van der Waals surface area contributed by atoms with Crippen molar-refractivity contribution < 1.29 is 4.74 Å². The van der Waals surface area contributed by atoms with Gasteiger partial charge in [-0.1, -0.05) is 6.07 Å². The van der Waals surface area contributed by atoms with Gasteiger partial charge in [0.05, 0.1) is 6.61 Å². The first-order chi connectivity index (χ1) is 5.86. The predicted molar refractivity (Wildman–Crippen MR) is 49.1 cm³/mol. The molecule has 0 saturated carbocycles. The van der Waals surface area contributed by atoms with Crippen LogP contribution in [0, 0.1) is 0 Å². The summed E-state index contributed by atoms with van der Waals surface area (Å²) in [7, 11) is 1.85. The predicted octanol–water partition coefficient (Wildman–Crippen LogP) is 1.66. The number of aromatic nitrogens is 1. The van der Waals surface area contributed by atoms with E-state index in [0.29, 0.717) is 6.61 Å². The van der Waals surface area contributed by atoms with Gasteiger partial charge in [0.2, 0.25) is 0 Å². The Balaban J connectivity index is 2.53. The maximum absolute atomic E-state index is 5.23. The molecular weight excluding hydrogens is 152 g/mol. The lowest BCUT2D eigenvalue weighted by molar-refractivity contribution is 0.134. The highest BCUT2D eigenvalue weighted by Crippen LogP contribution is 2.04. The minimum atomic E-state index is 0.646. The lowest BCUT2D eigenvalue weighted by Crippen LogP contribution is -1.95. The molecule has 1 N–H and O–H groups in total. The smallest absolute Gasteiger partial charge is 0.125 e. The molecule has 0 aliphatic carbocycles. The fraction of sp³-hybridized carbons (Fsp3) is 0.444. The quantitative estimate of drug-likeness (QED) is 0.738. The Morgan fingerprint density at radius 3 is 2.83 bits per heavy atom. The van der Waals surface area contributed by atoms with Crippen LogP contribution in [0.3, 0.4) is 0 Å². The molecule has 0 unspecified atom stereocenters. The summed E-state index contributed by atoms with van der Waals surface area (Å²) in [5.74, 6) is 0.884. The van der Waals surface area contributed by atoms with E-state index in [4.69, 9.17) is 4.74 Å². The normalized spacial score (nSPS) is 9.83. The second-order valence-electron chi connectivity index (χ2n) is 2.44. The van der Waals surface area contributed by atoms with Gasteiger partial charge in [-0.15, -0.1) is 0 Å². The third-order valence-electron chi connectivity index (χ3n) is 1.55. The summed E-state index contributed by atoms with van der Waals surface area (Å²) in [4.78, 5) is 4.16. The summed E-state index contributed by atoms with van der Waals surface area (Å²) in [5, 5.41) is 2.96. The summed E-state index contributed by atoms with van der Waals surface area (Å²) in [5.41, 5.74) is 1.11. The second-order valence-corrected chi connectivity index (χ2v) is 2.44. The third kappa shape index (κ3) is 2.51. The van der Waals surface area contributed by atoms with Gasteiger partial charge in [-0.3, -0.25) is 0 Å². The molecule has 1 aromatic rings. The monoisotopic (exact) mass is 166 g/mol. The molecule has 0 atom stereocenters. The molecule has 1 aromatic heterocycles. The summed E-state index contributed by atoms with van der Waals surface area (Å²) < 4.78 is 5.23. The van der Waals surface area contributed by atoms with Crippen molar-refractivity contribution in [3.05, 3.63) is 23.9 Å². The largest absolute Gasteiger partial charge is 0.377 e. The summed E-state index contributed by atoms with van der Waals surface area (Å²) in [6, 6.07) is 3.95. The third-order valence-corrected chi connectivity index (χ3v) is 1.55. The maximum atomic E-state index is 5.23. The summed E-state index contributed by atoms with van der Waals surface area (Å²) in [6.07, 6.45) is 1.82. The zero-order chi connectivity index (χ0) is 8.81. The Hall–Kier alpha value is -1.09. The van der Waals surface area contributed by atoms with Crippen molar-refractivity contribution >= 4 is 5.82 Å². The van der Waals surface area contributed by atoms with Crippen molar-refractivity contribution in [3.8, 4) is 0 Å². The number of rotatable bonds is 4. The van der Waals surface area contributed by atoms with Crippen LogP contribution in [0.25, 0.3) is 0 Å². The Bertz CT molecular complexity index is 220. The molecule has 0 aliphatic rings. The van der Waals surface area contributed by atoms with Crippen molar-refractivity contribution in [1.29, 1.82) is 0 Å². The number of pyridine rings is 1. The number of nitrogens with one attached hydrogen (secondary N) is 1. The first-order valence-corrected chi connectivity index (χ1v) is 4.07. The highest BCUT2D eigenvalue weighted by molar-refractivity contribution is 5.34. The van der Waals surface area contributed by atoms with E-state index in [9.17, 15) is 0 Å². The van der Waals surface area contributed by atoms with Crippen molar-refractivity contribution in [3.63, 3.8) is 0 Å². The molecule has 1 heterocycles. The van der Waals surface area contributed by atoms with Crippen LogP contribution in [0.2, 0.25) is 0 Å². The van der Waals surface area contributed by atoms with Crippen LogP contribution in [-0.2, 0) is 11.3 Å². The molecular formula is C9H14N2O. The molecule has 0 aromatic carbocycles. The van der Waals surface area contributed by atoms with Gasteiger partial charge >= 0.3 is 0 Å². The van der Waals surface area contributed by atoms with E-state index in [1.807, 2.05) is 32.3 Å². The molecule has 12 heavy (non-hydrogen) atoms. The van der Waals surface area contributed by atoms with E-state index in [2.05, 4.69) is 10.3 Å². The van der Waals surface area contributed by atoms with Gasteiger partial charge in [0.1, 0.15) is 5.82 Å². The standard InChI is InChI=1S/C9H14N2O/c1-3-12-7-8-4-5-9(10-2)11-6-8/h4-6H,3,7H2,1-2H3,(H,10,11). The molecule has 0 radical (unpaired) electrons. The fourth-order valence-electron chi connectivity index (χ4n) is 0.878. The van der Waals surface area contributed by atoms with Crippen molar-refractivity contribution in [2.24, 2.45) is 0 Å². The zero-order valence-corrected chi connectivity index (χ0v) is 7.50. The average Bonchev–Trinajstić information content (AvgIpc) is 2.15. The van der Waals surface area contributed by atoms with Crippen LogP contribution in [0.5, 0.6) is 0 Å². The number of nitrogens with zero attached hydrogens (tertiary/aromatic N) is 1. The molecule has 0 amide bonds. The van der Waals surface area contributed by atoms with Gasteiger partial charge < -0.3 is 10.1 Å². The second kappa shape index (κ2) is 4.72. The first-order valence-electron chi connectivity index (χ1n) is 4.07. The Labute approximate surface area is 72.8 Å². The van der Waals surface area contributed by atoms with Gasteiger partial charge in [0.25, 0.3) is 0 Å².